The molecule has 0 unspecified atom stereocenters. The Kier molecular flexibility index (Phi) is 6.32. The van der Waals surface area contributed by atoms with Crippen molar-refractivity contribution in [3.8, 4) is 5.75 Å². The van der Waals surface area contributed by atoms with Gasteiger partial charge < -0.3 is 37.1 Å². The van der Waals surface area contributed by atoms with Crippen molar-refractivity contribution in [2.45, 2.75) is 13.0 Å². The number of ether oxygens (including phenoxy) is 1. The summed E-state index contributed by atoms with van der Waals surface area (Å²) in [5, 5.41) is 18.8. The van der Waals surface area contributed by atoms with E-state index in [4.69, 9.17) is 21.9 Å². The number of nitrogen functional groups attached to an aromatic ring is 3. The molecule has 2 aromatic rings. The monoisotopic (exact) mass is 346 g/mol. The fraction of sp³-hybridized carbons (Fsp3) is 0.333. The van der Waals surface area contributed by atoms with Crippen LogP contribution < -0.4 is 26.8 Å². The third-order valence-corrected chi connectivity index (χ3v) is 4.08. The molecule has 0 aliphatic heterocycles. The van der Waals surface area contributed by atoms with Crippen LogP contribution in [0.25, 0.3) is 0 Å². The molecule has 0 saturated carbocycles. The summed E-state index contributed by atoms with van der Waals surface area (Å²) in [6.45, 7) is 0.765. The van der Waals surface area contributed by atoms with Crippen molar-refractivity contribution >= 4 is 22.7 Å². The Morgan fingerprint density at radius 2 is 1.72 bits per heavy atom. The van der Waals surface area contributed by atoms with Gasteiger partial charge >= 0.3 is 0 Å². The van der Waals surface area contributed by atoms with Crippen LogP contribution in [-0.4, -0.2) is 37.1 Å². The number of nitrogens with two attached hydrogens (primary N) is 3. The molecule has 2 rings (SSSR count). The van der Waals surface area contributed by atoms with Crippen LogP contribution in [0.4, 0.5) is 22.7 Å². The first-order valence-electron chi connectivity index (χ1n) is 8.07. The number of anilines is 4. The highest BCUT2D eigenvalue weighted by Crippen LogP contribution is 2.37. The number of aliphatic hydroxyl groups is 2. The van der Waals surface area contributed by atoms with Crippen LogP contribution in [-0.2, 0) is 13.0 Å². The summed E-state index contributed by atoms with van der Waals surface area (Å²) in [5.41, 5.74) is 22.1. The molecule has 0 bridgehead atoms. The van der Waals surface area contributed by atoms with Gasteiger partial charge in [0.2, 0.25) is 0 Å². The molecule has 0 fully saturated rings. The minimum Gasteiger partial charge on any atom is -0.494 e. The van der Waals surface area contributed by atoms with Crippen molar-refractivity contribution in [1.29, 1.82) is 0 Å². The highest BCUT2D eigenvalue weighted by molar-refractivity contribution is 5.70. The van der Waals surface area contributed by atoms with Crippen LogP contribution in [0.2, 0.25) is 0 Å². The van der Waals surface area contributed by atoms with Gasteiger partial charge in [-0.2, -0.15) is 0 Å². The van der Waals surface area contributed by atoms with Crippen molar-refractivity contribution in [3.63, 3.8) is 0 Å². The predicted molar refractivity (Wildman–Crippen MR) is 102 cm³/mol. The molecule has 136 valence electrons. The molecule has 0 atom stereocenters. The van der Waals surface area contributed by atoms with Crippen molar-refractivity contribution in [3.05, 3.63) is 41.5 Å². The maximum Gasteiger partial charge on any atom is 0.147 e. The van der Waals surface area contributed by atoms with Crippen molar-refractivity contribution in [2.75, 3.05) is 49.0 Å². The molecule has 7 heteroatoms. The second-order valence-corrected chi connectivity index (χ2v) is 5.76. The summed E-state index contributed by atoms with van der Waals surface area (Å²) in [6, 6.07) is 8.94. The Morgan fingerprint density at radius 3 is 2.36 bits per heavy atom. The zero-order chi connectivity index (χ0) is 18.4. The van der Waals surface area contributed by atoms with Gasteiger partial charge in [0.1, 0.15) is 5.75 Å². The lowest BCUT2D eigenvalue weighted by Gasteiger charge is -2.28. The number of aliphatic hydroxyl groups excluding tert-OH is 2. The van der Waals surface area contributed by atoms with E-state index in [9.17, 15) is 10.2 Å². The molecule has 0 saturated heterocycles. The quantitative estimate of drug-likeness (QED) is 0.450. The van der Waals surface area contributed by atoms with Gasteiger partial charge in [-0.3, -0.25) is 0 Å². The number of methoxy groups -OCH3 is 1. The number of rotatable bonds is 8. The number of hydrogen-bond donors (Lipinski definition) is 5. The lowest BCUT2D eigenvalue weighted by atomic mass is 10.1. The highest BCUT2D eigenvalue weighted by Gasteiger charge is 2.18. The summed E-state index contributed by atoms with van der Waals surface area (Å²) in [6.07, 6.45) is 0.385. The molecule has 0 radical (unpaired) electrons. The van der Waals surface area contributed by atoms with E-state index in [1.165, 1.54) is 0 Å². The maximum atomic E-state index is 9.49. The van der Waals surface area contributed by atoms with E-state index in [0.717, 1.165) is 16.8 Å². The Balaban J connectivity index is 2.46. The van der Waals surface area contributed by atoms with E-state index in [0.29, 0.717) is 42.3 Å². The second kappa shape index (κ2) is 8.46. The van der Waals surface area contributed by atoms with Crippen LogP contribution in [0.15, 0.2) is 30.3 Å². The second-order valence-electron chi connectivity index (χ2n) is 5.76. The van der Waals surface area contributed by atoms with Crippen LogP contribution in [0, 0.1) is 0 Å². The largest absolute Gasteiger partial charge is 0.494 e. The lowest BCUT2D eigenvalue weighted by Crippen LogP contribution is -2.27. The van der Waals surface area contributed by atoms with Crippen LogP contribution in [0.1, 0.15) is 11.1 Å². The van der Waals surface area contributed by atoms with E-state index in [-0.39, 0.29) is 13.2 Å². The third kappa shape index (κ3) is 4.26. The molecule has 0 heterocycles. The molecule has 25 heavy (non-hydrogen) atoms. The Morgan fingerprint density at radius 1 is 1.00 bits per heavy atom. The van der Waals surface area contributed by atoms with E-state index < -0.39 is 0 Å². The summed E-state index contributed by atoms with van der Waals surface area (Å²) >= 11 is 0. The zero-order valence-electron chi connectivity index (χ0n) is 14.4. The molecule has 0 aliphatic carbocycles. The van der Waals surface area contributed by atoms with E-state index in [1.807, 2.05) is 17.0 Å². The summed E-state index contributed by atoms with van der Waals surface area (Å²) < 4.78 is 5.56. The minimum absolute atomic E-state index is 0.0355. The highest BCUT2D eigenvalue weighted by atomic mass is 16.5. The first-order valence-corrected chi connectivity index (χ1v) is 8.07. The average Bonchev–Trinajstić information content (AvgIpc) is 2.59. The van der Waals surface area contributed by atoms with Gasteiger partial charge in [-0.1, -0.05) is 0 Å². The van der Waals surface area contributed by atoms with Gasteiger partial charge in [-0.05, 0) is 35.9 Å². The standard InChI is InChI=1S/C18H26N4O3/c1-25-18-14(6-8-23)16(21)4-5-17(18)22(7-9-24)11-12-10-13(19)2-3-15(12)20/h2-5,10,23-24H,6-9,11,19-21H2,1H3. The first kappa shape index (κ1) is 18.7. The first-order chi connectivity index (χ1) is 12.0. The van der Waals surface area contributed by atoms with E-state index in [2.05, 4.69) is 0 Å². The summed E-state index contributed by atoms with van der Waals surface area (Å²) in [5.74, 6) is 0.588. The molecule has 0 amide bonds. The van der Waals surface area contributed by atoms with Gasteiger partial charge in [0.05, 0.1) is 19.4 Å². The number of nitrogens with zero attached hydrogens (tertiary/aromatic N) is 1. The molecular formula is C18H26N4O3. The van der Waals surface area contributed by atoms with Gasteiger partial charge in [-0.25, -0.2) is 0 Å². The Labute approximate surface area is 147 Å². The van der Waals surface area contributed by atoms with E-state index in [1.54, 1.807) is 25.3 Å². The molecule has 8 N–H and O–H groups in total. The zero-order valence-corrected chi connectivity index (χ0v) is 14.4. The molecule has 2 aromatic carbocycles. The van der Waals surface area contributed by atoms with Crippen molar-refractivity contribution < 1.29 is 14.9 Å². The van der Waals surface area contributed by atoms with Crippen molar-refractivity contribution in [1.82, 2.24) is 0 Å². The van der Waals surface area contributed by atoms with Crippen LogP contribution in [0.3, 0.4) is 0 Å². The Bertz CT molecular complexity index is 722. The van der Waals surface area contributed by atoms with Crippen LogP contribution >= 0.6 is 0 Å². The summed E-state index contributed by atoms with van der Waals surface area (Å²) in [4.78, 5) is 1.95. The fourth-order valence-corrected chi connectivity index (χ4v) is 2.85. The SMILES string of the molecule is COc1c(N(CCO)Cc2cc(N)ccc2N)ccc(N)c1CCO. The predicted octanol–water partition coefficient (Wildman–Crippen LogP) is 0.975. The van der Waals surface area contributed by atoms with E-state index >= 15 is 0 Å². The third-order valence-electron chi connectivity index (χ3n) is 4.08. The van der Waals surface area contributed by atoms with Gasteiger partial charge in [0, 0.05) is 48.7 Å². The lowest BCUT2D eigenvalue weighted by molar-refractivity contribution is 0.296. The van der Waals surface area contributed by atoms with Gasteiger partial charge in [-0.15, -0.1) is 0 Å². The van der Waals surface area contributed by atoms with Crippen LogP contribution in [0.5, 0.6) is 5.75 Å². The number of benzene rings is 2. The average molecular weight is 346 g/mol. The Hall–Kier alpha value is -2.64. The van der Waals surface area contributed by atoms with Crippen molar-refractivity contribution in [2.24, 2.45) is 0 Å². The normalized spacial score (nSPS) is 10.7. The molecular weight excluding hydrogens is 320 g/mol. The fourth-order valence-electron chi connectivity index (χ4n) is 2.85. The molecule has 7 nitrogen and oxygen atoms in total. The van der Waals surface area contributed by atoms with Gasteiger partial charge in [0.25, 0.3) is 0 Å². The molecule has 0 aliphatic rings. The number of hydrogen-bond acceptors (Lipinski definition) is 7. The molecule has 0 spiro atoms. The van der Waals surface area contributed by atoms with Gasteiger partial charge in [0.15, 0.2) is 0 Å². The smallest absolute Gasteiger partial charge is 0.147 e. The maximum absolute atomic E-state index is 9.49. The molecule has 0 aromatic heterocycles. The summed E-state index contributed by atoms with van der Waals surface area (Å²) in [7, 11) is 1.56. The topological polar surface area (TPSA) is 131 Å². The minimum atomic E-state index is -0.0366.